The lowest BCUT2D eigenvalue weighted by Crippen LogP contribution is -2.14. The summed E-state index contributed by atoms with van der Waals surface area (Å²) in [4.78, 5) is 6.19. The van der Waals surface area contributed by atoms with E-state index in [0.29, 0.717) is 16.8 Å². The molecule has 0 saturated heterocycles. The molecule has 0 aliphatic carbocycles. The molecule has 26 heavy (non-hydrogen) atoms. The molecule has 0 unspecified atom stereocenters. The van der Waals surface area contributed by atoms with E-state index in [1.165, 1.54) is 0 Å². The van der Waals surface area contributed by atoms with Gasteiger partial charge in [0.2, 0.25) is 0 Å². The Balaban J connectivity index is 2.32. The summed E-state index contributed by atoms with van der Waals surface area (Å²) < 4.78 is 52.1. The molecule has 2 aromatic carbocycles. The number of aryl methyl sites for hydroxylation is 1. The number of rotatable bonds is 5. The molecule has 140 valence electrons. The molecule has 0 aliphatic rings. The van der Waals surface area contributed by atoms with Gasteiger partial charge in [0.15, 0.2) is 0 Å². The lowest BCUT2D eigenvalue weighted by molar-refractivity contribution is -0.137. The van der Waals surface area contributed by atoms with Gasteiger partial charge < -0.3 is 4.90 Å². The van der Waals surface area contributed by atoms with Crippen LogP contribution in [0.2, 0.25) is 5.02 Å². The van der Waals surface area contributed by atoms with Crippen LogP contribution in [0, 0.1) is 12.7 Å². The third-order valence-electron chi connectivity index (χ3n) is 3.98. The third-order valence-corrected chi connectivity index (χ3v) is 4.28. The van der Waals surface area contributed by atoms with Crippen molar-refractivity contribution >= 4 is 23.6 Å². The Morgan fingerprint density at radius 3 is 2.46 bits per heavy atom. The van der Waals surface area contributed by atoms with Crippen LogP contribution in [-0.2, 0) is 12.6 Å². The van der Waals surface area contributed by atoms with Crippen LogP contribution in [0.3, 0.4) is 0 Å². The summed E-state index contributed by atoms with van der Waals surface area (Å²) in [6, 6.07) is 5.98. The van der Waals surface area contributed by atoms with Gasteiger partial charge in [-0.2, -0.15) is 13.2 Å². The minimum Gasteiger partial charge on any atom is -0.366 e. The molecular weight excluding hydrogens is 368 g/mol. The highest BCUT2D eigenvalue weighted by molar-refractivity contribution is 6.33. The van der Waals surface area contributed by atoms with Crippen molar-refractivity contribution in [1.82, 2.24) is 4.90 Å². The van der Waals surface area contributed by atoms with Gasteiger partial charge in [-0.15, -0.1) is 0 Å². The fourth-order valence-electron chi connectivity index (χ4n) is 2.38. The summed E-state index contributed by atoms with van der Waals surface area (Å²) in [5.41, 5.74) is 1.34. The summed E-state index contributed by atoms with van der Waals surface area (Å²) in [6.07, 6.45) is -2.79. The molecule has 0 spiro atoms. The van der Waals surface area contributed by atoms with Crippen molar-refractivity contribution in [1.29, 1.82) is 0 Å². The number of alkyl halides is 3. The van der Waals surface area contributed by atoms with Gasteiger partial charge in [-0.3, -0.25) is 0 Å². The average molecular weight is 387 g/mol. The highest BCUT2D eigenvalue weighted by atomic mass is 35.5. The Kier molecular flexibility index (Phi) is 6.29. The number of aliphatic imine (C=N–C) groups is 1. The lowest BCUT2D eigenvalue weighted by atomic mass is 9.98. The van der Waals surface area contributed by atoms with E-state index in [4.69, 9.17) is 11.6 Å². The maximum Gasteiger partial charge on any atom is 0.416 e. The van der Waals surface area contributed by atoms with E-state index < -0.39 is 17.6 Å². The Morgan fingerprint density at radius 1 is 1.15 bits per heavy atom. The standard InChI is InChI=1S/C19H19ClF4N2/c1-4-26(3)11-25-18-5-12(2)14(9-17(18)20)6-13-7-15(19(22,23)24)10-16(21)8-13/h5,7-11H,4,6H2,1-3H3/b25-11-. The van der Waals surface area contributed by atoms with Crippen molar-refractivity contribution < 1.29 is 17.6 Å². The molecule has 0 amide bonds. The van der Waals surface area contributed by atoms with Gasteiger partial charge in [0.05, 0.1) is 22.6 Å². The summed E-state index contributed by atoms with van der Waals surface area (Å²) in [5.74, 6) is -0.914. The molecule has 2 aromatic rings. The second kappa shape index (κ2) is 8.08. The van der Waals surface area contributed by atoms with E-state index in [2.05, 4.69) is 4.99 Å². The molecule has 0 radical (unpaired) electrons. The monoisotopic (exact) mass is 386 g/mol. The smallest absolute Gasteiger partial charge is 0.366 e. The quantitative estimate of drug-likeness (QED) is 0.349. The van der Waals surface area contributed by atoms with Crippen LogP contribution >= 0.6 is 11.6 Å². The zero-order chi connectivity index (χ0) is 19.5. The van der Waals surface area contributed by atoms with E-state index >= 15 is 0 Å². The Hall–Kier alpha value is -2.08. The van der Waals surface area contributed by atoms with Crippen LogP contribution in [0.4, 0.5) is 23.2 Å². The highest BCUT2D eigenvalue weighted by Crippen LogP contribution is 2.33. The molecule has 0 aliphatic heterocycles. The van der Waals surface area contributed by atoms with Gasteiger partial charge in [-0.1, -0.05) is 11.6 Å². The fraction of sp³-hybridized carbons (Fsp3) is 0.316. The molecule has 0 N–H and O–H groups in total. The molecular formula is C19H19ClF4N2. The first-order valence-corrected chi connectivity index (χ1v) is 8.38. The van der Waals surface area contributed by atoms with Crippen molar-refractivity contribution in [3.05, 3.63) is 63.4 Å². The van der Waals surface area contributed by atoms with Crippen LogP contribution in [0.1, 0.15) is 29.2 Å². The van der Waals surface area contributed by atoms with Crippen molar-refractivity contribution in [2.24, 2.45) is 4.99 Å². The predicted molar refractivity (Wildman–Crippen MR) is 96.9 cm³/mol. The van der Waals surface area contributed by atoms with Crippen molar-refractivity contribution in [3.8, 4) is 0 Å². The second-order valence-corrected chi connectivity index (χ2v) is 6.48. The number of benzene rings is 2. The molecule has 2 nitrogen and oxygen atoms in total. The van der Waals surface area contributed by atoms with Crippen LogP contribution in [0.25, 0.3) is 0 Å². The van der Waals surface area contributed by atoms with Gasteiger partial charge in [-0.05, 0) is 67.3 Å². The Labute approximate surface area is 155 Å². The maximum absolute atomic E-state index is 13.6. The van der Waals surface area contributed by atoms with E-state index in [1.807, 2.05) is 25.8 Å². The molecule has 7 heteroatoms. The van der Waals surface area contributed by atoms with E-state index in [-0.39, 0.29) is 12.0 Å². The molecule has 0 aromatic heterocycles. The first kappa shape index (κ1) is 20.2. The SMILES string of the molecule is CCN(C)/C=N\c1cc(C)c(Cc2cc(F)cc(C(F)(F)F)c2)cc1Cl. The summed E-state index contributed by atoms with van der Waals surface area (Å²) in [5, 5.41) is 0.388. The minimum atomic E-state index is -4.59. The lowest BCUT2D eigenvalue weighted by Gasteiger charge is -2.13. The van der Waals surface area contributed by atoms with Gasteiger partial charge in [0.25, 0.3) is 0 Å². The van der Waals surface area contributed by atoms with Crippen molar-refractivity contribution in [3.63, 3.8) is 0 Å². The van der Waals surface area contributed by atoms with Gasteiger partial charge in [0, 0.05) is 13.6 Å². The van der Waals surface area contributed by atoms with E-state index in [0.717, 1.165) is 29.8 Å². The van der Waals surface area contributed by atoms with Crippen molar-refractivity contribution in [2.45, 2.75) is 26.4 Å². The minimum absolute atomic E-state index is 0.144. The first-order valence-electron chi connectivity index (χ1n) is 8.00. The van der Waals surface area contributed by atoms with Crippen molar-refractivity contribution in [2.75, 3.05) is 13.6 Å². The molecule has 0 bridgehead atoms. The average Bonchev–Trinajstić information content (AvgIpc) is 2.55. The zero-order valence-corrected chi connectivity index (χ0v) is 15.4. The van der Waals surface area contributed by atoms with Crippen LogP contribution in [-0.4, -0.2) is 24.8 Å². The summed E-state index contributed by atoms with van der Waals surface area (Å²) in [7, 11) is 1.88. The topological polar surface area (TPSA) is 15.6 Å². The van der Waals surface area contributed by atoms with Gasteiger partial charge in [0.1, 0.15) is 5.82 Å². The van der Waals surface area contributed by atoms with Crippen LogP contribution in [0.15, 0.2) is 35.3 Å². The highest BCUT2D eigenvalue weighted by Gasteiger charge is 2.31. The maximum atomic E-state index is 13.6. The summed E-state index contributed by atoms with van der Waals surface area (Å²) >= 11 is 6.24. The van der Waals surface area contributed by atoms with Gasteiger partial charge in [-0.25, -0.2) is 9.38 Å². The largest absolute Gasteiger partial charge is 0.416 e. The second-order valence-electron chi connectivity index (χ2n) is 6.07. The molecule has 2 rings (SSSR count). The van der Waals surface area contributed by atoms with E-state index in [9.17, 15) is 17.6 Å². The van der Waals surface area contributed by atoms with Crippen LogP contribution in [0.5, 0.6) is 0 Å². The van der Waals surface area contributed by atoms with Crippen LogP contribution < -0.4 is 0 Å². The fourth-order valence-corrected chi connectivity index (χ4v) is 2.61. The number of halogens is 5. The third kappa shape index (κ3) is 5.21. The molecule has 0 fully saturated rings. The number of hydrogen-bond acceptors (Lipinski definition) is 1. The molecule has 0 heterocycles. The normalized spacial score (nSPS) is 12.0. The predicted octanol–water partition coefficient (Wildman–Crippen LogP) is 6.01. The Morgan fingerprint density at radius 2 is 1.85 bits per heavy atom. The van der Waals surface area contributed by atoms with Gasteiger partial charge >= 0.3 is 6.18 Å². The molecule has 0 atom stereocenters. The number of hydrogen-bond donors (Lipinski definition) is 0. The molecule has 0 saturated carbocycles. The van der Waals surface area contributed by atoms with E-state index in [1.54, 1.807) is 18.5 Å². The summed E-state index contributed by atoms with van der Waals surface area (Å²) in [6.45, 7) is 4.59. The number of nitrogens with zero attached hydrogens (tertiary/aromatic N) is 2. The first-order chi connectivity index (χ1) is 12.1. The Bertz CT molecular complexity index is 816. The zero-order valence-electron chi connectivity index (χ0n) is 14.7.